The zero-order valence-corrected chi connectivity index (χ0v) is 13.3. The van der Waals surface area contributed by atoms with Crippen molar-refractivity contribution in [2.24, 2.45) is 0 Å². The summed E-state index contributed by atoms with van der Waals surface area (Å²) >= 11 is 0. The van der Waals surface area contributed by atoms with Crippen molar-refractivity contribution < 1.29 is 14.3 Å². The minimum Gasteiger partial charge on any atom is -0.490 e. The molecule has 0 saturated heterocycles. The van der Waals surface area contributed by atoms with Crippen LogP contribution in [0.1, 0.15) is 56.8 Å². The fourth-order valence-corrected chi connectivity index (χ4v) is 2.10. The number of hydrogen-bond acceptors (Lipinski definition) is 3. The Labute approximate surface area is 128 Å². The molecule has 1 aromatic carbocycles. The van der Waals surface area contributed by atoms with Crippen molar-refractivity contribution in [2.75, 3.05) is 6.61 Å². The van der Waals surface area contributed by atoms with Gasteiger partial charge in [0.2, 0.25) is 0 Å². The van der Waals surface area contributed by atoms with Crippen LogP contribution in [-0.2, 0) is 0 Å². The van der Waals surface area contributed by atoms with Crippen LogP contribution in [0, 0.1) is 0 Å². The van der Waals surface area contributed by atoms with Gasteiger partial charge in [0.15, 0.2) is 11.5 Å². The van der Waals surface area contributed by atoms with E-state index in [1.165, 1.54) is 0 Å². The number of ether oxygens (including phenoxy) is 2. The van der Waals surface area contributed by atoms with Crippen LogP contribution in [0.5, 0.6) is 11.5 Å². The Kier molecular flexibility index (Phi) is 8.25. The quantitative estimate of drug-likeness (QED) is 0.458. The van der Waals surface area contributed by atoms with Gasteiger partial charge in [-0.1, -0.05) is 32.4 Å². The van der Waals surface area contributed by atoms with Crippen LogP contribution in [0.25, 0.3) is 0 Å². The molecule has 0 radical (unpaired) electrons. The Bertz CT molecular complexity index is 452. The molecular weight excluding hydrogens is 264 g/mol. The van der Waals surface area contributed by atoms with E-state index in [1.54, 1.807) is 12.1 Å². The molecule has 21 heavy (non-hydrogen) atoms. The molecule has 0 saturated carbocycles. The Morgan fingerprint density at radius 1 is 1.14 bits per heavy atom. The van der Waals surface area contributed by atoms with E-state index in [-0.39, 0.29) is 6.10 Å². The highest BCUT2D eigenvalue weighted by Crippen LogP contribution is 2.30. The molecule has 0 aliphatic carbocycles. The molecule has 1 rings (SSSR count). The van der Waals surface area contributed by atoms with Gasteiger partial charge in [0.25, 0.3) is 0 Å². The van der Waals surface area contributed by atoms with E-state index in [2.05, 4.69) is 26.0 Å². The zero-order chi connectivity index (χ0) is 15.5. The maximum absolute atomic E-state index is 10.9. The molecule has 1 atom stereocenters. The Morgan fingerprint density at radius 2 is 1.95 bits per heavy atom. The number of carbonyl (C=O) groups is 1. The first kappa shape index (κ1) is 17.3. The van der Waals surface area contributed by atoms with Crippen LogP contribution in [0.4, 0.5) is 0 Å². The second-order valence-corrected chi connectivity index (χ2v) is 4.90. The highest BCUT2D eigenvalue weighted by atomic mass is 16.5. The molecule has 0 aliphatic rings. The number of carbonyl (C=O) groups excluding carboxylic acids is 1. The highest BCUT2D eigenvalue weighted by Gasteiger charge is 2.12. The number of aldehydes is 1. The van der Waals surface area contributed by atoms with E-state index in [4.69, 9.17) is 9.47 Å². The van der Waals surface area contributed by atoms with E-state index >= 15 is 0 Å². The third-order valence-corrected chi connectivity index (χ3v) is 3.11. The molecule has 0 aromatic heterocycles. The van der Waals surface area contributed by atoms with Crippen LogP contribution in [0.3, 0.4) is 0 Å². The van der Waals surface area contributed by atoms with Crippen molar-refractivity contribution in [3.8, 4) is 11.5 Å². The van der Waals surface area contributed by atoms with Crippen molar-refractivity contribution in [3.63, 3.8) is 0 Å². The van der Waals surface area contributed by atoms with E-state index in [1.807, 2.05) is 13.0 Å². The lowest BCUT2D eigenvalue weighted by molar-refractivity contribution is 0.112. The number of hydrogen-bond donors (Lipinski definition) is 0. The molecule has 1 aromatic rings. The van der Waals surface area contributed by atoms with E-state index in [0.717, 1.165) is 32.0 Å². The summed E-state index contributed by atoms with van der Waals surface area (Å²) in [4.78, 5) is 10.9. The summed E-state index contributed by atoms with van der Waals surface area (Å²) in [6.45, 7) is 6.74. The molecule has 0 fully saturated rings. The Morgan fingerprint density at radius 3 is 2.57 bits per heavy atom. The molecule has 1 unspecified atom stereocenters. The fourth-order valence-electron chi connectivity index (χ4n) is 2.10. The standard InChI is InChI=1S/C18H26O3/c1-4-7-8-10-16(9-5-2)21-17-12-11-15(14-19)13-18(17)20-6-3/h7-8,11-14,16H,4-6,9-10H2,1-3H3/b8-7+. The first-order valence-electron chi connectivity index (χ1n) is 7.78. The Balaban J connectivity index is 2.85. The summed E-state index contributed by atoms with van der Waals surface area (Å²) in [5.41, 5.74) is 0.601. The van der Waals surface area contributed by atoms with E-state index in [0.29, 0.717) is 23.7 Å². The number of benzene rings is 1. The summed E-state index contributed by atoms with van der Waals surface area (Å²) in [7, 11) is 0. The van der Waals surface area contributed by atoms with Gasteiger partial charge in [0, 0.05) is 12.0 Å². The van der Waals surface area contributed by atoms with Crippen molar-refractivity contribution in [3.05, 3.63) is 35.9 Å². The molecule has 3 heteroatoms. The van der Waals surface area contributed by atoms with Crippen LogP contribution >= 0.6 is 0 Å². The molecule has 0 bridgehead atoms. The molecule has 0 amide bonds. The summed E-state index contributed by atoms with van der Waals surface area (Å²) in [6.07, 6.45) is 9.28. The molecule has 0 aliphatic heterocycles. The van der Waals surface area contributed by atoms with Crippen LogP contribution in [0.2, 0.25) is 0 Å². The van der Waals surface area contributed by atoms with Gasteiger partial charge in [-0.25, -0.2) is 0 Å². The summed E-state index contributed by atoms with van der Waals surface area (Å²) < 4.78 is 11.7. The Hall–Kier alpha value is -1.77. The van der Waals surface area contributed by atoms with Crippen LogP contribution in [-0.4, -0.2) is 19.0 Å². The van der Waals surface area contributed by atoms with Crippen LogP contribution in [0.15, 0.2) is 30.4 Å². The average Bonchev–Trinajstić information content (AvgIpc) is 2.49. The number of allylic oxidation sites excluding steroid dienone is 1. The lowest BCUT2D eigenvalue weighted by Crippen LogP contribution is -2.16. The highest BCUT2D eigenvalue weighted by molar-refractivity contribution is 5.76. The van der Waals surface area contributed by atoms with E-state index in [9.17, 15) is 4.79 Å². The largest absolute Gasteiger partial charge is 0.490 e. The van der Waals surface area contributed by atoms with Crippen molar-refractivity contribution in [2.45, 2.75) is 52.6 Å². The average molecular weight is 290 g/mol. The second-order valence-electron chi connectivity index (χ2n) is 4.90. The molecule has 3 nitrogen and oxygen atoms in total. The zero-order valence-electron chi connectivity index (χ0n) is 13.3. The number of rotatable bonds is 10. The summed E-state index contributed by atoms with van der Waals surface area (Å²) in [5, 5.41) is 0. The fraction of sp³-hybridized carbons (Fsp3) is 0.500. The predicted octanol–water partition coefficient (Wildman–Crippen LogP) is 4.80. The third kappa shape index (κ3) is 6.03. The van der Waals surface area contributed by atoms with Crippen molar-refractivity contribution >= 4 is 6.29 Å². The lowest BCUT2D eigenvalue weighted by Gasteiger charge is -2.19. The third-order valence-electron chi connectivity index (χ3n) is 3.11. The van der Waals surface area contributed by atoms with Gasteiger partial charge >= 0.3 is 0 Å². The van der Waals surface area contributed by atoms with Crippen molar-refractivity contribution in [1.29, 1.82) is 0 Å². The maximum atomic E-state index is 10.9. The summed E-state index contributed by atoms with van der Waals surface area (Å²) in [6, 6.07) is 5.31. The molecule has 116 valence electrons. The predicted molar refractivity (Wildman–Crippen MR) is 86.4 cm³/mol. The molecular formula is C18H26O3. The SMILES string of the molecule is CC/C=C/CC(CCC)Oc1ccc(C=O)cc1OCC. The topological polar surface area (TPSA) is 35.5 Å². The van der Waals surface area contributed by atoms with E-state index < -0.39 is 0 Å². The monoisotopic (exact) mass is 290 g/mol. The van der Waals surface area contributed by atoms with Gasteiger partial charge in [0.05, 0.1) is 6.61 Å². The first-order chi connectivity index (χ1) is 10.2. The minimum absolute atomic E-state index is 0.138. The van der Waals surface area contributed by atoms with Gasteiger partial charge < -0.3 is 9.47 Å². The summed E-state index contributed by atoms with van der Waals surface area (Å²) in [5.74, 6) is 1.36. The molecule has 0 heterocycles. The lowest BCUT2D eigenvalue weighted by atomic mass is 10.1. The second kappa shape index (κ2) is 10.0. The van der Waals surface area contributed by atoms with Gasteiger partial charge in [-0.3, -0.25) is 4.79 Å². The van der Waals surface area contributed by atoms with Gasteiger partial charge in [-0.05, 0) is 38.0 Å². The van der Waals surface area contributed by atoms with Gasteiger partial charge in [-0.2, -0.15) is 0 Å². The van der Waals surface area contributed by atoms with Gasteiger partial charge in [0.1, 0.15) is 12.4 Å². The first-order valence-corrected chi connectivity index (χ1v) is 7.78. The maximum Gasteiger partial charge on any atom is 0.161 e. The van der Waals surface area contributed by atoms with Gasteiger partial charge in [-0.15, -0.1) is 0 Å². The normalized spacial score (nSPS) is 12.3. The van der Waals surface area contributed by atoms with Crippen LogP contribution < -0.4 is 9.47 Å². The minimum atomic E-state index is 0.138. The smallest absolute Gasteiger partial charge is 0.161 e. The molecule has 0 spiro atoms. The van der Waals surface area contributed by atoms with Crippen molar-refractivity contribution in [1.82, 2.24) is 0 Å². The molecule has 0 N–H and O–H groups in total.